The zero-order valence-electron chi connectivity index (χ0n) is 19.4. The molecule has 2 atom stereocenters. The minimum Gasteiger partial charge on any atom is -0.399 e. The van der Waals surface area contributed by atoms with Gasteiger partial charge in [-0.2, -0.15) is 0 Å². The second kappa shape index (κ2) is 14.3. The van der Waals surface area contributed by atoms with Crippen molar-refractivity contribution in [1.82, 2.24) is 10.6 Å². The quantitative estimate of drug-likeness (QED) is 0.291. The maximum atomic E-state index is 9.21. The van der Waals surface area contributed by atoms with E-state index in [1.807, 2.05) is 19.1 Å². The number of benzene rings is 1. The van der Waals surface area contributed by atoms with Crippen LogP contribution in [0.4, 0.5) is 0 Å². The van der Waals surface area contributed by atoms with Crippen LogP contribution in [0.2, 0.25) is 0 Å². The molecule has 4 heteroatoms. The minimum atomic E-state index is 0.0126. The summed E-state index contributed by atoms with van der Waals surface area (Å²) in [7, 11) is 0. The molecule has 0 spiro atoms. The SMILES string of the molecule is C=C/C(N)=C\C(C)=C/CNC(C(=C)/C1=C/NC/C=C\C(CCCO)CC1)c1ccccc1. The van der Waals surface area contributed by atoms with Crippen molar-refractivity contribution < 1.29 is 5.11 Å². The number of nitrogens with one attached hydrogen (secondary N) is 2. The van der Waals surface area contributed by atoms with Gasteiger partial charge in [-0.25, -0.2) is 0 Å². The van der Waals surface area contributed by atoms with Gasteiger partial charge >= 0.3 is 0 Å². The van der Waals surface area contributed by atoms with E-state index < -0.39 is 0 Å². The highest BCUT2D eigenvalue weighted by Crippen LogP contribution is 2.30. The van der Waals surface area contributed by atoms with Crippen LogP contribution in [0.15, 0.2) is 102 Å². The van der Waals surface area contributed by atoms with Gasteiger partial charge < -0.3 is 21.5 Å². The fraction of sp³-hybridized carbons (Fsp3) is 0.357. The number of hydrogen-bond acceptors (Lipinski definition) is 4. The molecule has 2 unspecified atom stereocenters. The molecule has 0 saturated carbocycles. The van der Waals surface area contributed by atoms with Crippen molar-refractivity contribution >= 4 is 0 Å². The van der Waals surface area contributed by atoms with E-state index in [-0.39, 0.29) is 12.6 Å². The summed E-state index contributed by atoms with van der Waals surface area (Å²) < 4.78 is 0. The van der Waals surface area contributed by atoms with Crippen molar-refractivity contribution in [1.29, 1.82) is 0 Å². The van der Waals surface area contributed by atoms with Crippen LogP contribution >= 0.6 is 0 Å². The molecule has 1 aliphatic rings. The van der Waals surface area contributed by atoms with Crippen LogP contribution in [-0.2, 0) is 0 Å². The van der Waals surface area contributed by atoms with E-state index in [2.05, 4.69) is 72.5 Å². The van der Waals surface area contributed by atoms with Gasteiger partial charge in [-0.3, -0.25) is 0 Å². The van der Waals surface area contributed by atoms with Gasteiger partial charge in [-0.05, 0) is 67.4 Å². The molecule has 0 saturated heterocycles. The Hall–Kier alpha value is -2.82. The first kappa shape index (κ1) is 25.4. The average molecular weight is 434 g/mol. The molecular weight excluding hydrogens is 394 g/mol. The standard InChI is InChI=1S/C28H39N3O/c1-4-27(29)20-22(2)16-18-31-28(25-12-6-5-7-13-25)23(3)26-15-14-24(11-9-19-32)10-8-17-30-21-26/h4-8,10,12-13,16,20-21,24,28,30-32H,1,3,9,11,14-15,17-19,29H2,2H3/b10-8-,22-16-,26-21+,27-20+. The van der Waals surface area contributed by atoms with Crippen molar-refractivity contribution in [3.8, 4) is 0 Å². The zero-order valence-corrected chi connectivity index (χ0v) is 19.4. The Morgan fingerprint density at radius 3 is 2.84 bits per heavy atom. The molecule has 1 aromatic rings. The van der Waals surface area contributed by atoms with Gasteiger partial charge in [0, 0.05) is 31.6 Å². The van der Waals surface area contributed by atoms with E-state index in [4.69, 9.17) is 5.73 Å². The van der Waals surface area contributed by atoms with Crippen molar-refractivity contribution in [3.63, 3.8) is 0 Å². The summed E-state index contributed by atoms with van der Waals surface area (Å²) in [5, 5.41) is 16.3. The highest BCUT2D eigenvalue weighted by molar-refractivity contribution is 5.39. The summed E-state index contributed by atoms with van der Waals surface area (Å²) in [6.07, 6.45) is 16.1. The molecule has 0 fully saturated rings. The van der Waals surface area contributed by atoms with Gasteiger partial charge in [0.2, 0.25) is 0 Å². The highest BCUT2D eigenvalue weighted by Gasteiger charge is 2.19. The number of nitrogens with two attached hydrogens (primary N) is 1. The van der Waals surface area contributed by atoms with Crippen molar-refractivity contribution in [2.75, 3.05) is 19.7 Å². The summed E-state index contributed by atoms with van der Waals surface area (Å²) in [5.74, 6) is 0.481. The Kier molecular flexibility index (Phi) is 11.4. The van der Waals surface area contributed by atoms with Crippen LogP contribution in [0.3, 0.4) is 0 Å². The number of aliphatic hydroxyl groups is 1. The Balaban J connectivity index is 2.16. The second-order valence-corrected chi connectivity index (χ2v) is 8.24. The molecule has 4 nitrogen and oxygen atoms in total. The summed E-state index contributed by atoms with van der Waals surface area (Å²) in [6, 6.07) is 10.5. The number of hydrogen-bond donors (Lipinski definition) is 4. The van der Waals surface area contributed by atoms with Gasteiger partial charge in [0.05, 0.1) is 6.04 Å². The molecule has 1 aliphatic heterocycles. The fourth-order valence-electron chi connectivity index (χ4n) is 3.86. The normalized spacial score (nSPS) is 21.2. The lowest BCUT2D eigenvalue weighted by Crippen LogP contribution is -2.24. The Morgan fingerprint density at radius 1 is 1.34 bits per heavy atom. The van der Waals surface area contributed by atoms with Crippen LogP contribution in [0.1, 0.15) is 44.2 Å². The van der Waals surface area contributed by atoms with Gasteiger partial charge in [0.15, 0.2) is 0 Å². The lowest BCUT2D eigenvalue weighted by atomic mass is 9.88. The van der Waals surface area contributed by atoms with E-state index >= 15 is 0 Å². The summed E-state index contributed by atoms with van der Waals surface area (Å²) in [4.78, 5) is 0. The first-order valence-electron chi connectivity index (χ1n) is 11.5. The van der Waals surface area contributed by atoms with Gasteiger partial charge in [-0.15, -0.1) is 0 Å². The van der Waals surface area contributed by atoms with E-state index in [9.17, 15) is 5.11 Å². The third kappa shape index (κ3) is 8.74. The van der Waals surface area contributed by atoms with Crippen LogP contribution in [0.5, 0.6) is 0 Å². The smallest absolute Gasteiger partial charge is 0.0576 e. The average Bonchev–Trinajstić information content (AvgIpc) is 2.92. The molecule has 5 N–H and O–H groups in total. The molecular formula is C28H39N3O. The molecule has 2 rings (SSSR count). The number of rotatable bonds is 11. The first-order valence-corrected chi connectivity index (χ1v) is 11.5. The van der Waals surface area contributed by atoms with E-state index in [0.29, 0.717) is 18.2 Å². The fourth-order valence-corrected chi connectivity index (χ4v) is 3.86. The summed E-state index contributed by atoms with van der Waals surface area (Å²) >= 11 is 0. The molecule has 1 heterocycles. The number of allylic oxidation sites excluding steroid dienone is 4. The van der Waals surface area contributed by atoms with Crippen molar-refractivity contribution in [3.05, 3.63) is 108 Å². The third-order valence-corrected chi connectivity index (χ3v) is 5.71. The van der Waals surface area contributed by atoms with Gasteiger partial charge in [0.25, 0.3) is 0 Å². The Morgan fingerprint density at radius 2 is 2.12 bits per heavy atom. The van der Waals surface area contributed by atoms with Crippen LogP contribution in [0, 0.1) is 5.92 Å². The van der Waals surface area contributed by atoms with Crippen molar-refractivity contribution in [2.24, 2.45) is 11.7 Å². The lowest BCUT2D eigenvalue weighted by molar-refractivity contribution is 0.275. The second-order valence-electron chi connectivity index (χ2n) is 8.24. The van der Waals surface area contributed by atoms with E-state index in [1.165, 1.54) is 11.1 Å². The first-order chi connectivity index (χ1) is 15.5. The molecule has 172 valence electrons. The zero-order chi connectivity index (χ0) is 23.2. The molecule has 0 bridgehead atoms. The van der Waals surface area contributed by atoms with E-state index in [0.717, 1.165) is 43.4 Å². The molecule has 0 radical (unpaired) electrons. The molecule has 0 aromatic heterocycles. The molecule has 0 amide bonds. The van der Waals surface area contributed by atoms with Crippen LogP contribution in [0.25, 0.3) is 0 Å². The predicted octanol–water partition coefficient (Wildman–Crippen LogP) is 5.06. The van der Waals surface area contributed by atoms with Crippen LogP contribution in [-0.4, -0.2) is 24.8 Å². The van der Waals surface area contributed by atoms with Crippen molar-refractivity contribution in [2.45, 2.75) is 38.6 Å². The van der Waals surface area contributed by atoms with Gasteiger partial charge in [0.1, 0.15) is 0 Å². The van der Waals surface area contributed by atoms with E-state index in [1.54, 1.807) is 6.08 Å². The maximum absolute atomic E-state index is 9.21. The van der Waals surface area contributed by atoms with Crippen LogP contribution < -0.4 is 16.4 Å². The molecule has 0 aliphatic carbocycles. The summed E-state index contributed by atoms with van der Waals surface area (Å²) in [6.45, 7) is 12.0. The largest absolute Gasteiger partial charge is 0.399 e. The molecule has 1 aromatic carbocycles. The monoisotopic (exact) mass is 433 g/mol. The number of aliphatic hydroxyl groups excluding tert-OH is 1. The topological polar surface area (TPSA) is 70.3 Å². The Bertz CT molecular complexity index is 849. The third-order valence-electron chi connectivity index (χ3n) is 5.71. The lowest BCUT2D eigenvalue weighted by Gasteiger charge is -2.24. The highest BCUT2D eigenvalue weighted by atomic mass is 16.2. The predicted molar refractivity (Wildman–Crippen MR) is 137 cm³/mol. The van der Waals surface area contributed by atoms with Gasteiger partial charge in [-0.1, -0.05) is 67.3 Å². The summed E-state index contributed by atoms with van der Waals surface area (Å²) in [5.41, 5.74) is 11.1. The maximum Gasteiger partial charge on any atom is 0.0576 e. The Labute approximate surface area is 194 Å². The molecule has 32 heavy (non-hydrogen) atoms. The minimum absolute atomic E-state index is 0.0126.